The van der Waals surface area contributed by atoms with Crippen LogP contribution in [-0.4, -0.2) is 0 Å². The van der Waals surface area contributed by atoms with Crippen LogP contribution < -0.4 is 4.90 Å². The standard InChI is InChI=1S/C38H27N/c1-4-12-28(13-5-1)29-20-21-31-27-32(23-22-30(31)26-29)35-24-25-38(37-19-11-10-18-36(35)37)39(33-14-6-2-7-15-33)34-16-8-3-9-17-34/h1-27H. The van der Waals surface area contributed by atoms with Crippen molar-refractivity contribution in [2.75, 3.05) is 4.90 Å². The maximum absolute atomic E-state index is 2.34. The first kappa shape index (κ1) is 23.0. The fraction of sp³-hybridized carbons (Fsp3) is 0. The van der Waals surface area contributed by atoms with Crippen molar-refractivity contribution in [3.05, 3.63) is 164 Å². The maximum atomic E-state index is 2.34. The number of fused-ring (bicyclic) bond motifs is 2. The van der Waals surface area contributed by atoms with Crippen molar-refractivity contribution in [1.82, 2.24) is 0 Å². The zero-order chi connectivity index (χ0) is 26.0. The van der Waals surface area contributed by atoms with Crippen LogP contribution in [0.3, 0.4) is 0 Å². The first-order valence-electron chi connectivity index (χ1n) is 13.4. The van der Waals surface area contributed by atoms with Gasteiger partial charge >= 0.3 is 0 Å². The number of nitrogens with zero attached hydrogens (tertiary/aromatic N) is 1. The lowest BCUT2D eigenvalue weighted by Crippen LogP contribution is -2.10. The van der Waals surface area contributed by atoms with E-state index >= 15 is 0 Å². The summed E-state index contributed by atoms with van der Waals surface area (Å²) in [6, 6.07) is 58.6. The molecule has 0 spiro atoms. The molecule has 1 nitrogen and oxygen atoms in total. The van der Waals surface area contributed by atoms with Crippen LogP contribution in [0.15, 0.2) is 164 Å². The van der Waals surface area contributed by atoms with E-state index in [1.54, 1.807) is 0 Å². The molecule has 0 aliphatic rings. The molecule has 0 atom stereocenters. The smallest absolute Gasteiger partial charge is 0.0540 e. The molecule has 0 aliphatic heterocycles. The molecular weight excluding hydrogens is 470 g/mol. The van der Waals surface area contributed by atoms with Crippen LogP contribution in [0.4, 0.5) is 17.1 Å². The molecule has 0 unspecified atom stereocenters. The number of hydrogen-bond donors (Lipinski definition) is 0. The molecule has 0 fully saturated rings. The lowest BCUT2D eigenvalue weighted by Gasteiger charge is -2.27. The van der Waals surface area contributed by atoms with Crippen LogP contribution in [0.1, 0.15) is 0 Å². The lowest BCUT2D eigenvalue weighted by molar-refractivity contribution is 1.30. The fourth-order valence-electron chi connectivity index (χ4n) is 5.53. The zero-order valence-corrected chi connectivity index (χ0v) is 21.5. The van der Waals surface area contributed by atoms with Gasteiger partial charge in [0.15, 0.2) is 0 Å². The van der Waals surface area contributed by atoms with E-state index in [1.807, 2.05) is 0 Å². The first-order chi connectivity index (χ1) is 19.3. The predicted molar refractivity (Wildman–Crippen MR) is 167 cm³/mol. The molecular formula is C38H27N. The Balaban J connectivity index is 1.36. The summed E-state index contributed by atoms with van der Waals surface area (Å²) in [6.45, 7) is 0. The molecule has 0 heterocycles. The molecule has 0 radical (unpaired) electrons. The molecule has 184 valence electrons. The zero-order valence-electron chi connectivity index (χ0n) is 21.5. The number of rotatable bonds is 5. The Bertz CT molecular complexity index is 1850. The van der Waals surface area contributed by atoms with E-state index in [4.69, 9.17) is 0 Å². The summed E-state index contributed by atoms with van der Waals surface area (Å²) >= 11 is 0. The Kier molecular flexibility index (Phi) is 5.88. The quantitative estimate of drug-likeness (QED) is 0.229. The van der Waals surface area contributed by atoms with Crippen LogP contribution in [-0.2, 0) is 0 Å². The minimum absolute atomic E-state index is 1.14. The summed E-state index contributed by atoms with van der Waals surface area (Å²) in [5, 5.41) is 4.96. The van der Waals surface area contributed by atoms with Gasteiger partial charge in [0.05, 0.1) is 5.69 Å². The Hall–Kier alpha value is -5.14. The van der Waals surface area contributed by atoms with Gasteiger partial charge in [0, 0.05) is 16.8 Å². The number of anilines is 3. The molecule has 0 saturated heterocycles. The summed E-state index contributed by atoms with van der Waals surface area (Å²) in [5.74, 6) is 0. The highest BCUT2D eigenvalue weighted by molar-refractivity contribution is 6.07. The van der Waals surface area contributed by atoms with E-state index in [-0.39, 0.29) is 0 Å². The molecule has 0 bridgehead atoms. The van der Waals surface area contributed by atoms with Gasteiger partial charge in [-0.1, -0.05) is 121 Å². The normalized spacial score (nSPS) is 11.1. The van der Waals surface area contributed by atoms with Crippen molar-refractivity contribution in [1.29, 1.82) is 0 Å². The SMILES string of the molecule is c1ccc(-c2ccc3cc(-c4ccc(N(c5ccccc5)c5ccccc5)c5ccccc45)ccc3c2)cc1. The molecule has 0 amide bonds. The molecule has 0 N–H and O–H groups in total. The van der Waals surface area contributed by atoms with Crippen LogP contribution in [0.5, 0.6) is 0 Å². The molecule has 0 aliphatic carbocycles. The Morgan fingerprint density at radius 1 is 0.333 bits per heavy atom. The summed E-state index contributed by atoms with van der Waals surface area (Å²) < 4.78 is 0. The van der Waals surface area contributed by atoms with Gasteiger partial charge in [0.1, 0.15) is 0 Å². The summed E-state index contributed by atoms with van der Waals surface area (Å²) in [7, 11) is 0. The molecule has 7 aromatic carbocycles. The Morgan fingerprint density at radius 2 is 0.846 bits per heavy atom. The average Bonchev–Trinajstić information content (AvgIpc) is 3.02. The second kappa shape index (κ2) is 9.96. The molecule has 7 rings (SSSR count). The largest absolute Gasteiger partial charge is 0.310 e. The van der Waals surface area contributed by atoms with Crippen LogP contribution >= 0.6 is 0 Å². The molecule has 0 aromatic heterocycles. The van der Waals surface area contributed by atoms with Crippen molar-refractivity contribution >= 4 is 38.6 Å². The van der Waals surface area contributed by atoms with Crippen molar-refractivity contribution in [3.8, 4) is 22.3 Å². The van der Waals surface area contributed by atoms with Crippen molar-refractivity contribution in [2.45, 2.75) is 0 Å². The third-order valence-corrected chi connectivity index (χ3v) is 7.43. The first-order valence-corrected chi connectivity index (χ1v) is 13.4. The Morgan fingerprint density at radius 3 is 1.49 bits per heavy atom. The van der Waals surface area contributed by atoms with Gasteiger partial charge in [0.25, 0.3) is 0 Å². The lowest BCUT2D eigenvalue weighted by atomic mass is 9.94. The van der Waals surface area contributed by atoms with Gasteiger partial charge in [0.2, 0.25) is 0 Å². The summed E-state index contributed by atoms with van der Waals surface area (Å²) in [6.07, 6.45) is 0. The van der Waals surface area contributed by atoms with Crippen LogP contribution in [0.2, 0.25) is 0 Å². The van der Waals surface area contributed by atoms with Gasteiger partial charge < -0.3 is 4.90 Å². The number of hydrogen-bond acceptors (Lipinski definition) is 1. The highest BCUT2D eigenvalue weighted by Crippen LogP contribution is 2.42. The average molecular weight is 498 g/mol. The fourth-order valence-corrected chi connectivity index (χ4v) is 5.53. The van der Waals surface area contributed by atoms with E-state index in [1.165, 1.54) is 49.5 Å². The molecule has 1 heteroatoms. The highest BCUT2D eigenvalue weighted by Gasteiger charge is 2.17. The van der Waals surface area contributed by atoms with E-state index in [9.17, 15) is 0 Å². The van der Waals surface area contributed by atoms with Gasteiger partial charge in [-0.25, -0.2) is 0 Å². The maximum Gasteiger partial charge on any atom is 0.0540 e. The third kappa shape index (κ3) is 4.35. The van der Waals surface area contributed by atoms with Crippen molar-refractivity contribution < 1.29 is 0 Å². The number of para-hydroxylation sites is 2. The van der Waals surface area contributed by atoms with E-state index < -0.39 is 0 Å². The topological polar surface area (TPSA) is 3.24 Å². The second-order valence-corrected chi connectivity index (χ2v) is 9.83. The summed E-state index contributed by atoms with van der Waals surface area (Å²) in [4.78, 5) is 2.34. The van der Waals surface area contributed by atoms with E-state index in [0.29, 0.717) is 0 Å². The third-order valence-electron chi connectivity index (χ3n) is 7.43. The van der Waals surface area contributed by atoms with E-state index in [0.717, 1.165) is 11.4 Å². The van der Waals surface area contributed by atoms with Crippen molar-refractivity contribution in [2.24, 2.45) is 0 Å². The predicted octanol–water partition coefficient (Wildman–Crippen LogP) is 10.8. The Labute approximate surface area is 229 Å². The van der Waals surface area contributed by atoms with Gasteiger partial charge in [-0.3, -0.25) is 0 Å². The van der Waals surface area contributed by atoms with Gasteiger partial charge in [-0.05, 0) is 80.9 Å². The monoisotopic (exact) mass is 497 g/mol. The van der Waals surface area contributed by atoms with E-state index in [2.05, 4.69) is 169 Å². The van der Waals surface area contributed by atoms with Crippen molar-refractivity contribution in [3.63, 3.8) is 0 Å². The minimum Gasteiger partial charge on any atom is -0.310 e. The summed E-state index contributed by atoms with van der Waals surface area (Å²) in [5.41, 5.74) is 8.40. The molecule has 7 aromatic rings. The van der Waals surface area contributed by atoms with Gasteiger partial charge in [-0.2, -0.15) is 0 Å². The molecule has 0 saturated carbocycles. The van der Waals surface area contributed by atoms with Crippen LogP contribution in [0, 0.1) is 0 Å². The molecule has 39 heavy (non-hydrogen) atoms. The van der Waals surface area contributed by atoms with Gasteiger partial charge in [-0.15, -0.1) is 0 Å². The number of benzene rings is 7. The minimum atomic E-state index is 1.14. The second-order valence-electron chi connectivity index (χ2n) is 9.83. The highest BCUT2D eigenvalue weighted by atomic mass is 15.1. The van der Waals surface area contributed by atoms with Crippen LogP contribution in [0.25, 0.3) is 43.8 Å².